The van der Waals surface area contributed by atoms with Crippen LogP contribution in [0.1, 0.15) is 50.0 Å². The first kappa shape index (κ1) is 19.9. The zero-order chi connectivity index (χ0) is 18.9. The van der Waals surface area contributed by atoms with Crippen LogP contribution in [0.2, 0.25) is 0 Å². The highest BCUT2D eigenvalue weighted by Gasteiger charge is 2.17. The smallest absolute Gasteiger partial charge is 0.272 e. The van der Waals surface area contributed by atoms with Crippen molar-refractivity contribution in [1.82, 2.24) is 14.9 Å². The number of amides is 1. The molecule has 5 nitrogen and oxygen atoms in total. The van der Waals surface area contributed by atoms with Gasteiger partial charge in [0.25, 0.3) is 5.91 Å². The van der Waals surface area contributed by atoms with Crippen molar-refractivity contribution in [3.8, 4) is 11.4 Å². The Morgan fingerprint density at radius 3 is 2.27 bits per heavy atom. The van der Waals surface area contributed by atoms with E-state index in [0.717, 1.165) is 50.2 Å². The Labute approximate surface area is 157 Å². The predicted molar refractivity (Wildman–Crippen MR) is 108 cm³/mol. The van der Waals surface area contributed by atoms with E-state index in [-0.39, 0.29) is 5.91 Å². The molecule has 140 valence electrons. The number of nitrogens with zero attached hydrogens (tertiary/aromatic N) is 4. The van der Waals surface area contributed by atoms with Gasteiger partial charge >= 0.3 is 0 Å². The Balaban J connectivity index is 2.38. The van der Waals surface area contributed by atoms with E-state index in [9.17, 15) is 4.79 Å². The lowest BCUT2D eigenvalue weighted by molar-refractivity contribution is 0.0787. The highest BCUT2D eigenvalue weighted by molar-refractivity contribution is 5.93. The summed E-state index contributed by atoms with van der Waals surface area (Å²) in [6.07, 6.45) is 4.25. The van der Waals surface area contributed by atoms with Crippen LogP contribution < -0.4 is 4.90 Å². The summed E-state index contributed by atoms with van der Waals surface area (Å²) in [7, 11) is 3.85. The maximum absolute atomic E-state index is 12.8. The zero-order valence-electron chi connectivity index (χ0n) is 16.4. The third-order valence-electron chi connectivity index (χ3n) is 4.40. The predicted octanol–water partition coefficient (Wildman–Crippen LogP) is 4.25. The molecule has 0 spiro atoms. The van der Waals surface area contributed by atoms with E-state index in [0.29, 0.717) is 11.5 Å². The minimum absolute atomic E-state index is 0.0526. The molecular formula is C21H30N4O. The van der Waals surface area contributed by atoms with E-state index in [1.165, 1.54) is 0 Å². The number of carbonyl (C=O) groups is 1. The molecule has 0 N–H and O–H groups in total. The molecule has 0 aliphatic rings. The number of benzene rings is 1. The van der Waals surface area contributed by atoms with Crippen molar-refractivity contribution in [2.45, 2.75) is 39.5 Å². The maximum atomic E-state index is 12.8. The number of carbonyl (C=O) groups excluding carboxylic acids is 1. The molecule has 0 aliphatic heterocycles. The fraction of sp³-hybridized carbons (Fsp3) is 0.476. The summed E-state index contributed by atoms with van der Waals surface area (Å²) >= 11 is 0. The minimum atomic E-state index is -0.0526. The van der Waals surface area contributed by atoms with Gasteiger partial charge in [0.05, 0.1) is 0 Å². The van der Waals surface area contributed by atoms with Gasteiger partial charge in [-0.05, 0) is 12.8 Å². The minimum Gasteiger partial charge on any atom is -0.360 e. The highest BCUT2D eigenvalue weighted by atomic mass is 16.2. The first-order valence-corrected chi connectivity index (χ1v) is 9.47. The van der Waals surface area contributed by atoms with Crippen LogP contribution in [0.3, 0.4) is 0 Å². The molecule has 26 heavy (non-hydrogen) atoms. The largest absolute Gasteiger partial charge is 0.360 e. The van der Waals surface area contributed by atoms with Crippen molar-refractivity contribution in [2.75, 3.05) is 32.1 Å². The zero-order valence-corrected chi connectivity index (χ0v) is 16.4. The van der Waals surface area contributed by atoms with Crippen LogP contribution in [-0.2, 0) is 0 Å². The summed E-state index contributed by atoms with van der Waals surface area (Å²) in [5.74, 6) is 1.33. The Morgan fingerprint density at radius 1 is 0.962 bits per heavy atom. The Bertz CT molecular complexity index is 702. The Morgan fingerprint density at radius 2 is 1.62 bits per heavy atom. The van der Waals surface area contributed by atoms with Crippen LogP contribution in [0.15, 0.2) is 36.4 Å². The molecular weight excluding hydrogens is 324 g/mol. The molecule has 0 atom stereocenters. The molecule has 0 saturated heterocycles. The molecule has 5 heteroatoms. The second-order valence-corrected chi connectivity index (χ2v) is 6.66. The van der Waals surface area contributed by atoms with E-state index in [1.54, 1.807) is 4.90 Å². The van der Waals surface area contributed by atoms with Crippen molar-refractivity contribution in [3.05, 3.63) is 42.1 Å². The van der Waals surface area contributed by atoms with Crippen molar-refractivity contribution in [2.24, 2.45) is 0 Å². The highest BCUT2D eigenvalue weighted by Crippen LogP contribution is 2.20. The number of anilines is 1. The monoisotopic (exact) mass is 354 g/mol. The van der Waals surface area contributed by atoms with Gasteiger partial charge in [0, 0.05) is 38.8 Å². The molecule has 2 rings (SSSR count). The molecule has 1 aromatic heterocycles. The third kappa shape index (κ3) is 5.28. The van der Waals surface area contributed by atoms with Gasteiger partial charge in [-0.1, -0.05) is 57.0 Å². The first-order chi connectivity index (χ1) is 12.6. The van der Waals surface area contributed by atoms with Gasteiger partial charge in [0.1, 0.15) is 11.5 Å². The van der Waals surface area contributed by atoms with Crippen molar-refractivity contribution < 1.29 is 4.79 Å². The van der Waals surface area contributed by atoms with Crippen LogP contribution in [0.4, 0.5) is 5.82 Å². The lowest BCUT2D eigenvalue weighted by Crippen LogP contribution is -2.29. The quantitative estimate of drug-likeness (QED) is 0.675. The molecule has 0 bridgehead atoms. The number of rotatable bonds is 9. The standard InChI is InChI=1S/C21H30N4O/c1-5-7-14-24(3)19-16-18(21(26)25(4)15-8-6-2)22-20(23-19)17-12-10-9-11-13-17/h9-13,16H,5-8,14-15H2,1-4H3. The number of aromatic nitrogens is 2. The van der Waals surface area contributed by atoms with Crippen LogP contribution in [-0.4, -0.2) is 48.0 Å². The van der Waals surface area contributed by atoms with Gasteiger partial charge in [-0.25, -0.2) is 9.97 Å². The van der Waals surface area contributed by atoms with Crippen molar-refractivity contribution in [1.29, 1.82) is 0 Å². The summed E-state index contributed by atoms with van der Waals surface area (Å²) in [6, 6.07) is 11.6. The number of hydrogen-bond acceptors (Lipinski definition) is 4. The van der Waals surface area contributed by atoms with E-state index in [4.69, 9.17) is 4.98 Å². The topological polar surface area (TPSA) is 49.3 Å². The number of hydrogen-bond donors (Lipinski definition) is 0. The van der Waals surface area contributed by atoms with Gasteiger partial charge in [-0.2, -0.15) is 0 Å². The summed E-state index contributed by atoms with van der Waals surface area (Å²) in [5, 5.41) is 0. The van der Waals surface area contributed by atoms with E-state index < -0.39 is 0 Å². The van der Waals surface area contributed by atoms with Crippen molar-refractivity contribution >= 4 is 11.7 Å². The maximum Gasteiger partial charge on any atom is 0.272 e. The van der Waals surface area contributed by atoms with Gasteiger partial charge in [0.15, 0.2) is 5.82 Å². The molecule has 1 aromatic carbocycles. The molecule has 0 saturated carbocycles. The molecule has 1 amide bonds. The Hall–Kier alpha value is -2.43. The van der Waals surface area contributed by atoms with Gasteiger partial charge in [0.2, 0.25) is 0 Å². The molecule has 0 radical (unpaired) electrons. The lowest BCUT2D eigenvalue weighted by atomic mass is 10.2. The average Bonchev–Trinajstić information content (AvgIpc) is 2.69. The molecule has 0 unspecified atom stereocenters. The summed E-state index contributed by atoms with van der Waals surface area (Å²) in [5.41, 5.74) is 1.37. The fourth-order valence-corrected chi connectivity index (χ4v) is 2.66. The van der Waals surface area contributed by atoms with E-state index >= 15 is 0 Å². The lowest BCUT2D eigenvalue weighted by Gasteiger charge is -2.21. The SMILES string of the molecule is CCCCN(C)C(=O)c1cc(N(C)CCCC)nc(-c2ccccc2)n1. The molecule has 2 aromatic rings. The molecule has 0 fully saturated rings. The van der Waals surface area contributed by atoms with Crippen molar-refractivity contribution in [3.63, 3.8) is 0 Å². The van der Waals surface area contributed by atoms with Gasteiger partial charge < -0.3 is 9.80 Å². The van der Waals surface area contributed by atoms with Crippen LogP contribution in [0, 0.1) is 0 Å². The van der Waals surface area contributed by atoms with Crippen LogP contribution in [0.25, 0.3) is 11.4 Å². The fourth-order valence-electron chi connectivity index (χ4n) is 2.66. The van der Waals surface area contributed by atoms with E-state index in [2.05, 4.69) is 23.7 Å². The Kier molecular flexibility index (Phi) is 7.57. The van der Waals surface area contributed by atoms with Gasteiger partial charge in [-0.3, -0.25) is 4.79 Å². The summed E-state index contributed by atoms with van der Waals surface area (Å²) in [6.45, 7) is 5.93. The van der Waals surface area contributed by atoms with Crippen LogP contribution >= 0.6 is 0 Å². The number of unbranched alkanes of at least 4 members (excludes halogenated alkanes) is 2. The first-order valence-electron chi connectivity index (χ1n) is 9.47. The van der Waals surface area contributed by atoms with E-state index in [1.807, 2.05) is 50.5 Å². The van der Waals surface area contributed by atoms with Gasteiger partial charge in [-0.15, -0.1) is 0 Å². The normalized spacial score (nSPS) is 10.6. The summed E-state index contributed by atoms with van der Waals surface area (Å²) in [4.78, 5) is 26.0. The average molecular weight is 354 g/mol. The summed E-state index contributed by atoms with van der Waals surface area (Å²) < 4.78 is 0. The second-order valence-electron chi connectivity index (χ2n) is 6.66. The third-order valence-corrected chi connectivity index (χ3v) is 4.40. The van der Waals surface area contributed by atoms with Crippen LogP contribution in [0.5, 0.6) is 0 Å². The molecule has 0 aliphatic carbocycles. The molecule has 1 heterocycles. The second kappa shape index (κ2) is 9.90.